The van der Waals surface area contributed by atoms with E-state index in [1.54, 1.807) is 12.1 Å². The summed E-state index contributed by atoms with van der Waals surface area (Å²) in [6.45, 7) is 3.62. The highest BCUT2D eigenvalue weighted by atomic mass is 79.9. The summed E-state index contributed by atoms with van der Waals surface area (Å²) < 4.78 is 28.3. The van der Waals surface area contributed by atoms with Gasteiger partial charge in [-0.15, -0.1) is 0 Å². The van der Waals surface area contributed by atoms with Gasteiger partial charge in [-0.05, 0) is 82.9 Å². The Bertz CT molecular complexity index is 578. The summed E-state index contributed by atoms with van der Waals surface area (Å²) in [7, 11) is -3.55. The van der Waals surface area contributed by atoms with Gasteiger partial charge in [0.15, 0.2) is 0 Å². The Kier molecular flexibility index (Phi) is 6.07. The van der Waals surface area contributed by atoms with Crippen LogP contribution in [0.25, 0.3) is 0 Å². The smallest absolute Gasteiger partial charge is 0.242 e. The van der Waals surface area contributed by atoms with Crippen LogP contribution in [0, 0.1) is 0 Å². The molecule has 0 saturated carbocycles. The molecule has 0 atom stereocenters. The number of hydrogen-bond donors (Lipinski definition) is 2. The van der Waals surface area contributed by atoms with Crippen LogP contribution in [0.3, 0.4) is 0 Å². The van der Waals surface area contributed by atoms with Crippen LogP contribution in [-0.2, 0) is 10.0 Å². The number of benzene rings is 1. The molecule has 1 saturated heterocycles. The van der Waals surface area contributed by atoms with E-state index < -0.39 is 10.0 Å². The fourth-order valence-electron chi connectivity index (χ4n) is 2.42. The van der Waals surface area contributed by atoms with Gasteiger partial charge in [0.2, 0.25) is 10.0 Å². The maximum absolute atomic E-state index is 12.4. The molecule has 0 spiro atoms. The minimum Gasteiger partial charge on any atom is -0.399 e. The molecule has 1 aromatic carbocycles. The van der Waals surface area contributed by atoms with Crippen LogP contribution in [0.15, 0.2) is 26.0 Å². The van der Waals surface area contributed by atoms with Crippen LogP contribution in [-0.4, -0.2) is 39.5 Å². The van der Waals surface area contributed by atoms with Gasteiger partial charge < -0.3 is 10.6 Å². The molecule has 118 valence electrons. The van der Waals surface area contributed by atoms with Gasteiger partial charge >= 0.3 is 0 Å². The molecule has 0 amide bonds. The zero-order chi connectivity index (χ0) is 15.5. The normalized spacial score (nSPS) is 16.5. The van der Waals surface area contributed by atoms with Crippen molar-refractivity contribution in [3.8, 4) is 0 Å². The van der Waals surface area contributed by atoms with Crippen molar-refractivity contribution < 1.29 is 8.42 Å². The van der Waals surface area contributed by atoms with Crippen molar-refractivity contribution in [2.24, 2.45) is 0 Å². The molecule has 0 radical (unpaired) electrons. The lowest BCUT2D eigenvalue weighted by Gasteiger charge is -2.15. The summed E-state index contributed by atoms with van der Waals surface area (Å²) in [6, 6.07) is 3.17. The van der Waals surface area contributed by atoms with E-state index >= 15 is 0 Å². The molecular formula is C13H19Br2N3O2S. The topological polar surface area (TPSA) is 75.4 Å². The summed E-state index contributed by atoms with van der Waals surface area (Å²) >= 11 is 6.52. The van der Waals surface area contributed by atoms with E-state index in [1.165, 1.54) is 12.8 Å². The number of halogens is 2. The van der Waals surface area contributed by atoms with E-state index in [0.29, 0.717) is 21.2 Å². The number of nitrogens with one attached hydrogen (secondary N) is 1. The third-order valence-corrected chi connectivity index (χ3v) is 6.77. The van der Waals surface area contributed by atoms with Gasteiger partial charge in [0.05, 0.1) is 0 Å². The van der Waals surface area contributed by atoms with Gasteiger partial charge in [-0.25, -0.2) is 13.1 Å². The van der Waals surface area contributed by atoms with Gasteiger partial charge in [-0.1, -0.05) is 0 Å². The van der Waals surface area contributed by atoms with Crippen molar-refractivity contribution in [1.29, 1.82) is 0 Å². The fourth-order valence-corrected chi connectivity index (χ4v) is 6.11. The largest absolute Gasteiger partial charge is 0.399 e. The van der Waals surface area contributed by atoms with Crippen molar-refractivity contribution in [2.75, 3.05) is 31.9 Å². The Morgan fingerprint density at radius 3 is 2.33 bits per heavy atom. The minimum atomic E-state index is -3.55. The number of sulfonamides is 1. The van der Waals surface area contributed by atoms with Crippen molar-refractivity contribution in [3.05, 3.63) is 21.1 Å². The van der Waals surface area contributed by atoms with Crippen molar-refractivity contribution in [3.63, 3.8) is 0 Å². The average Bonchev–Trinajstić information content (AvgIpc) is 2.86. The highest BCUT2D eigenvalue weighted by molar-refractivity contribution is 9.11. The Hall–Kier alpha value is -0.150. The molecule has 21 heavy (non-hydrogen) atoms. The summed E-state index contributed by atoms with van der Waals surface area (Å²) in [4.78, 5) is 2.56. The molecule has 2 rings (SSSR count). The average molecular weight is 441 g/mol. The molecule has 8 heteroatoms. The third kappa shape index (κ3) is 4.66. The van der Waals surface area contributed by atoms with E-state index in [0.717, 1.165) is 26.1 Å². The Morgan fingerprint density at radius 1 is 1.19 bits per heavy atom. The van der Waals surface area contributed by atoms with Crippen LogP contribution < -0.4 is 10.5 Å². The Labute approximate surface area is 142 Å². The fraction of sp³-hybridized carbons (Fsp3) is 0.538. The lowest BCUT2D eigenvalue weighted by atomic mass is 10.3. The van der Waals surface area contributed by atoms with Crippen LogP contribution in [0.4, 0.5) is 5.69 Å². The molecule has 1 aliphatic rings. The molecule has 1 aliphatic heterocycles. The zero-order valence-corrected chi connectivity index (χ0v) is 15.6. The van der Waals surface area contributed by atoms with Crippen molar-refractivity contribution >= 4 is 47.6 Å². The molecule has 3 N–H and O–H groups in total. The number of hydrogen-bond acceptors (Lipinski definition) is 4. The molecule has 0 unspecified atom stereocenters. The first-order chi connectivity index (χ1) is 9.90. The summed E-state index contributed by atoms with van der Waals surface area (Å²) in [5.74, 6) is 0. The molecule has 0 bridgehead atoms. The van der Waals surface area contributed by atoms with Crippen LogP contribution in [0.1, 0.15) is 19.3 Å². The molecular weight excluding hydrogens is 422 g/mol. The monoisotopic (exact) mass is 439 g/mol. The SMILES string of the molecule is Nc1cc(Br)c(S(=O)(=O)NCCCN2CCCC2)c(Br)c1. The van der Waals surface area contributed by atoms with Crippen LogP contribution in [0.2, 0.25) is 0 Å². The van der Waals surface area contributed by atoms with E-state index in [2.05, 4.69) is 41.5 Å². The number of rotatable bonds is 6. The maximum atomic E-state index is 12.4. The molecule has 1 heterocycles. The standard InChI is InChI=1S/C13H19Br2N3O2S/c14-11-8-10(16)9-12(15)13(11)21(19,20)17-4-3-7-18-5-1-2-6-18/h8-9,17H,1-7,16H2. The van der Waals surface area contributed by atoms with Gasteiger partial charge in [0.25, 0.3) is 0 Å². The third-order valence-electron chi connectivity index (χ3n) is 3.43. The molecule has 1 fully saturated rings. The Morgan fingerprint density at radius 2 is 1.76 bits per heavy atom. The number of anilines is 1. The van der Waals surface area contributed by atoms with E-state index in [-0.39, 0.29) is 4.90 Å². The predicted molar refractivity (Wildman–Crippen MR) is 91.7 cm³/mol. The quantitative estimate of drug-likeness (QED) is 0.526. The summed E-state index contributed by atoms with van der Waals surface area (Å²) in [5.41, 5.74) is 6.18. The van der Waals surface area contributed by atoms with Gasteiger partial charge in [-0.2, -0.15) is 0 Å². The first-order valence-electron chi connectivity index (χ1n) is 6.87. The molecule has 0 aliphatic carbocycles. The summed E-state index contributed by atoms with van der Waals surface area (Å²) in [6.07, 6.45) is 3.30. The van der Waals surface area contributed by atoms with E-state index in [4.69, 9.17) is 5.73 Å². The van der Waals surface area contributed by atoms with Crippen LogP contribution >= 0.6 is 31.9 Å². The highest BCUT2D eigenvalue weighted by Crippen LogP contribution is 2.32. The number of nitrogens with two attached hydrogens (primary N) is 1. The number of nitrogens with zero attached hydrogens (tertiary/aromatic N) is 1. The van der Waals surface area contributed by atoms with Gasteiger partial charge in [0, 0.05) is 21.2 Å². The first-order valence-corrected chi connectivity index (χ1v) is 9.93. The highest BCUT2D eigenvalue weighted by Gasteiger charge is 2.21. The van der Waals surface area contributed by atoms with E-state index in [9.17, 15) is 8.42 Å². The van der Waals surface area contributed by atoms with Crippen molar-refractivity contribution in [1.82, 2.24) is 9.62 Å². The molecule has 5 nitrogen and oxygen atoms in total. The predicted octanol–water partition coefficient (Wildman–Crippen LogP) is 2.56. The first kappa shape index (κ1) is 17.2. The summed E-state index contributed by atoms with van der Waals surface area (Å²) in [5, 5.41) is 0. The number of likely N-dealkylation sites (tertiary alicyclic amines) is 1. The van der Waals surface area contributed by atoms with Gasteiger partial charge in [0.1, 0.15) is 4.90 Å². The van der Waals surface area contributed by atoms with Crippen LogP contribution in [0.5, 0.6) is 0 Å². The van der Waals surface area contributed by atoms with Gasteiger partial charge in [-0.3, -0.25) is 0 Å². The lowest BCUT2D eigenvalue weighted by Crippen LogP contribution is -2.29. The zero-order valence-electron chi connectivity index (χ0n) is 11.6. The Balaban J connectivity index is 1.95. The lowest BCUT2D eigenvalue weighted by molar-refractivity contribution is 0.334. The van der Waals surface area contributed by atoms with E-state index in [1.807, 2.05) is 0 Å². The van der Waals surface area contributed by atoms with Crippen molar-refractivity contribution in [2.45, 2.75) is 24.2 Å². The molecule has 0 aromatic heterocycles. The minimum absolute atomic E-state index is 0.192. The second-order valence-electron chi connectivity index (χ2n) is 5.11. The number of nitrogen functional groups attached to an aromatic ring is 1. The maximum Gasteiger partial charge on any atom is 0.242 e. The molecule has 1 aromatic rings. The second kappa shape index (κ2) is 7.41. The second-order valence-corrected chi connectivity index (χ2v) is 8.53.